The molecule has 0 bridgehead atoms. The van der Waals surface area contributed by atoms with Gasteiger partial charge in [0.05, 0.1) is 12.4 Å². The van der Waals surface area contributed by atoms with Crippen molar-refractivity contribution in [2.45, 2.75) is 25.7 Å². The Bertz CT molecular complexity index is 171. The van der Waals surface area contributed by atoms with Crippen LogP contribution in [0.5, 0.6) is 0 Å². The normalized spacial score (nSPS) is 30.7. The van der Waals surface area contributed by atoms with E-state index in [1.807, 2.05) is 0 Å². The standard InChI is InChI=1S/C10H17NO/c1-2-7-12-10(5-1)9-4-3-6-11-8-9/h5,9,11H,1-4,6-8H2. The van der Waals surface area contributed by atoms with Gasteiger partial charge >= 0.3 is 0 Å². The van der Waals surface area contributed by atoms with E-state index in [9.17, 15) is 0 Å². The summed E-state index contributed by atoms with van der Waals surface area (Å²) in [6, 6.07) is 0. The van der Waals surface area contributed by atoms with Crippen molar-refractivity contribution in [3.05, 3.63) is 11.8 Å². The average Bonchev–Trinajstić information content (AvgIpc) is 2.21. The van der Waals surface area contributed by atoms with Crippen molar-refractivity contribution >= 4 is 0 Å². The summed E-state index contributed by atoms with van der Waals surface area (Å²) in [4.78, 5) is 0. The summed E-state index contributed by atoms with van der Waals surface area (Å²) >= 11 is 0. The minimum atomic E-state index is 0.666. The van der Waals surface area contributed by atoms with E-state index < -0.39 is 0 Å². The van der Waals surface area contributed by atoms with E-state index in [0.29, 0.717) is 5.92 Å². The third-order valence-corrected chi connectivity index (χ3v) is 2.66. The lowest BCUT2D eigenvalue weighted by molar-refractivity contribution is 0.149. The van der Waals surface area contributed by atoms with Gasteiger partial charge in [-0.1, -0.05) is 0 Å². The largest absolute Gasteiger partial charge is 0.498 e. The molecule has 2 heteroatoms. The molecule has 2 heterocycles. The van der Waals surface area contributed by atoms with Gasteiger partial charge in [-0.15, -0.1) is 0 Å². The van der Waals surface area contributed by atoms with Crippen molar-refractivity contribution in [1.82, 2.24) is 5.32 Å². The fourth-order valence-electron chi connectivity index (χ4n) is 1.96. The highest BCUT2D eigenvalue weighted by Crippen LogP contribution is 2.23. The van der Waals surface area contributed by atoms with Crippen molar-refractivity contribution in [3.63, 3.8) is 0 Å². The third-order valence-electron chi connectivity index (χ3n) is 2.66. The van der Waals surface area contributed by atoms with Gasteiger partial charge in [-0.2, -0.15) is 0 Å². The van der Waals surface area contributed by atoms with E-state index in [1.165, 1.54) is 38.0 Å². The van der Waals surface area contributed by atoms with E-state index >= 15 is 0 Å². The van der Waals surface area contributed by atoms with E-state index in [-0.39, 0.29) is 0 Å². The molecular formula is C10H17NO. The number of hydrogen-bond donors (Lipinski definition) is 1. The first-order valence-corrected chi connectivity index (χ1v) is 5.00. The zero-order valence-electron chi connectivity index (χ0n) is 7.51. The van der Waals surface area contributed by atoms with E-state index in [2.05, 4.69) is 11.4 Å². The Kier molecular flexibility index (Phi) is 2.67. The molecule has 1 unspecified atom stereocenters. The number of nitrogens with one attached hydrogen (secondary N) is 1. The second-order valence-corrected chi connectivity index (χ2v) is 3.64. The van der Waals surface area contributed by atoms with Crippen LogP contribution in [0, 0.1) is 5.92 Å². The number of rotatable bonds is 1. The molecule has 1 saturated heterocycles. The SMILES string of the molecule is C1=C(C2CCCNC2)OCCC1. The number of piperidine rings is 1. The maximum Gasteiger partial charge on any atom is 0.0963 e. The maximum atomic E-state index is 5.64. The molecule has 2 nitrogen and oxygen atoms in total. The second kappa shape index (κ2) is 3.94. The Hall–Kier alpha value is -0.500. The van der Waals surface area contributed by atoms with Crippen LogP contribution in [0.1, 0.15) is 25.7 Å². The molecule has 0 aromatic rings. The molecule has 0 amide bonds. The van der Waals surface area contributed by atoms with Crippen molar-refractivity contribution < 1.29 is 4.74 Å². The molecule has 2 rings (SSSR count). The molecular weight excluding hydrogens is 150 g/mol. The fourth-order valence-corrected chi connectivity index (χ4v) is 1.96. The van der Waals surface area contributed by atoms with Gasteiger partial charge in [-0.3, -0.25) is 0 Å². The van der Waals surface area contributed by atoms with Crippen molar-refractivity contribution in [2.75, 3.05) is 19.7 Å². The predicted octanol–water partition coefficient (Wildman–Crippen LogP) is 1.68. The van der Waals surface area contributed by atoms with Gasteiger partial charge in [0, 0.05) is 12.5 Å². The number of allylic oxidation sites excluding steroid dienone is 1. The highest BCUT2D eigenvalue weighted by molar-refractivity contribution is 5.02. The monoisotopic (exact) mass is 167 g/mol. The van der Waals surface area contributed by atoms with Gasteiger partial charge in [0.25, 0.3) is 0 Å². The Balaban J connectivity index is 1.92. The smallest absolute Gasteiger partial charge is 0.0963 e. The van der Waals surface area contributed by atoms with Crippen molar-refractivity contribution in [1.29, 1.82) is 0 Å². The topological polar surface area (TPSA) is 21.3 Å². The molecule has 1 N–H and O–H groups in total. The molecule has 0 aromatic carbocycles. The summed E-state index contributed by atoms with van der Waals surface area (Å²) in [6.07, 6.45) is 7.29. The summed E-state index contributed by atoms with van der Waals surface area (Å²) < 4.78 is 5.64. The van der Waals surface area contributed by atoms with Crippen LogP contribution in [0.3, 0.4) is 0 Å². The van der Waals surface area contributed by atoms with Gasteiger partial charge in [-0.05, 0) is 38.3 Å². The first-order chi connectivity index (χ1) is 5.97. The molecule has 0 aliphatic carbocycles. The molecule has 1 fully saturated rings. The highest BCUT2D eigenvalue weighted by atomic mass is 16.5. The first kappa shape index (κ1) is 8.11. The van der Waals surface area contributed by atoms with Crippen LogP contribution in [0.2, 0.25) is 0 Å². The zero-order chi connectivity index (χ0) is 8.23. The Labute approximate surface area is 74.0 Å². The Morgan fingerprint density at radius 2 is 2.42 bits per heavy atom. The molecule has 2 aliphatic heterocycles. The molecule has 0 aromatic heterocycles. The Morgan fingerprint density at radius 3 is 3.08 bits per heavy atom. The van der Waals surface area contributed by atoms with Crippen LogP contribution in [-0.2, 0) is 4.74 Å². The van der Waals surface area contributed by atoms with E-state index in [0.717, 1.165) is 13.2 Å². The highest BCUT2D eigenvalue weighted by Gasteiger charge is 2.19. The predicted molar refractivity (Wildman–Crippen MR) is 48.9 cm³/mol. The van der Waals surface area contributed by atoms with E-state index in [4.69, 9.17) is 4.74 Å². The first-order valence-electron chi connectivity index (χ1n) is 5.00. The third kappa shape index (κ3) is 1.81. The summed E-state index contributed by atoms with van der Waals surface area (Å²) in [5.41, 5.74) is 0. The van der Waals surface area contributed by atoms with Crippen LogP contribution in [0.15, 0.2) is 11.8 Å². The van der Waals surface area contributed by atoms with Crippen molar-refractivity contribution in [3.8, 4) is 0 Å². The molecule has 1 atom stereocenters. The fraction of sp³-hybridized carbons (Fsp3) is 0.800. The molecule has 2 aliphatic rings. The molecule has 68 valence electrons. The lowest BCUT2D eigenvalue weighted by atomic mass is 9.96. The number of ether oxygens (including phenoxy) is 1. The molecule has 0 spiro atoms. The lowest BCUT2D eigenvalue weighted by Gasteiger charge is -2.27. The van der Waals surface area contributed by atoms with Crippen LogP contribution < -0.4 is 5.32 Å². The van der Waals surface area contributed by atoms with Crippen LogP contribution >= 0.6 is 0 Å². The zero-order valence-corrected chi connectivity index (χ0v) is 7.51. The molecule has 0 saturated carbocycles. The quantitative estimate of drug-likeness (QED) is 0.641. The van der Waals surface area contributed by atoms with Crippen LogP contribution in [0.25, 0.3) is 0 Å². The van der Waals surface area contributed by atoms with Gasteiger partial charge < -0.3 is 10.1 Å². The van der Waals surface area contributed by atoms with Gasteiger partial charge in [0.1, 0.15) is 0 Å². The lowest BCUT2D eigenvalue weighted by Crippen LogP contribution is -2.31. The molecule has 12 heavy (non-hydrogen) atoms. The van der Waals surface area contributed by atoms with Crippen molar-refractivity contribution in [2.24, 2.45) is 5.92 Å². The average molecular weight is 167 g/mol. The van der Waals surface area contributed by atoms with Crippen LogP contribution in [0.4, 0.5) is 0 Å². The summed E-state index contributed by atoms with van der Waals surface area (Å²) in [5, 5.41) is 3.41. The van der Waals surface area contributed by atoms with Crippen LogP contribution in [-0.4, -0.2) is 19.7 Å². The van der Waals surface area contributed by atoms with E-state index in [1.54, 1.807) is 0 Å². The summed E-state index contributed by atoms with van der Waals surface area (Å²) in [6.45, 7) is 3.23. The minimum Gasteiger partial charge on any atom is -0.498 e. The summed E-state index contributed by atoms with van der Waals surface area (Å²) in [7, 11) is 0. The minimum absolute atomic E-state index is 0.666. The maximum absolute atomic E-state index is 5.64. The molecule has 0 radical (unpaired) electrons. The summed E-state index contributed by atoms with van der Waals surface area (Å²) in [5.74, 6) is 1.92. The van der Waals surface area contributed by atoms with Gasteiger partial charge in [-0.25, -0.2) is 0 Å². The second-order valence-electron chi connectivity index (χ2n) is 3.64. The Morgan fingerprint density at radius 1 is 1.42 bits per heavy atom. The number of hydrogen-bond acceptors (Lipinski definition) is 2. The van der Waals surface area contributed by atoms with Gasteiger partial charge in [0.2, 0.25) is 0 Å². The van der Waals surface area contributed by atoms with Gasteiger partial charge in [0.15, 0.2) is 0 Å².